The lowest BCUT2D eigenvalue weighted by atomic mass is 10.1. The zero-order valence-electron chi connectivity index (χ0n) is 15.2. The Morgan fingerprint density at radius 3 is 2.21 bits per heavy atom. The van der Waals surface area contributed by atoms with Crippen molar-refractivity contribution in [2.75, 3.05) is 25.6 Å². The number of anilines is 1. The van der Waals surface area contributed by atoms with Crippen molar-refractivity contribution >= 4 is 11.6 Å². The second-order valence-electron chi connectivity index (χ2n) is 5.97. The predicted octanol–water partition coefficient (Wildman–Crippen LogP) is 4.93. The molecule has 2 aromatic rings. The van der Waals surface area contributed by atoms with E-state index in [0.717, 1.165) is 30.3 Å². The standard InChI is InChI=1S/C19H17F6NO3/c1-28-7-8-29-16-6-5-14(19(23,24)25)11-15(16)26-17(27)10-12-3-2-4-13(9-12)18(20,21)22/h2-6,9,11H,7-8,10H2,1H3,(H,26,27). The number of hydrogen-bond acceptors (Lipinski definition) is 3. The first-order valence-corrected chi connectivity index (χ1v) is 8.29. The molecule has 0 saturated heterocycles. The first-order chi connectivity index (χ1) is 13.5. The fraction of sp³-hybridized carbons (Fsp3) is 0.316. The molecule has 0 heterocycles. The van der Waals surface area contributed by atoms with Crippen molar-refractivity contribution in [2.45, 2.75) is 18.8 Å². The molecule has 0 aliphatic carbocycles. The van der Waals surface area contributed by atoms with E-state index in [-0.39, 0.29) is 30.2 Å². The second-order valence-corrected chi connectivity index (χ2v) is 5.97. The number of nitrogens with one attached hydrogen (secondary N) is 1. The molecule has 0 aliphatic heterocycles. The van der Waals surface area contributed by atoms with Gasteiger partial charge in [0.2, 0.25) is 5.91 Å². The summed E-state index contributed by atoms with van der Waals surface area (Å²) < 4.78 is 87.3. The van der Waals surface area contributed by atoms with E-state index in [0.29, 0.717) is 6.07 Å². The Bertz CT molecular complexity index is 849. The van der Waals surface area contributed by atoms with Gasteiger partial charge in [-0.3, -0.25) is 4.79 Å². The van der Waals surface area contributed by atoms with Crippen molar-refractivity contribution < 1.29 is 40.6 Å². The molecule has 0 aromatic heterocycles. The molecule has 4 nitrogen and oxygen atoms in total. The van der Waals surface area contributed by atoms with Gasteiger partial charge in [-0.1, -0.05) is 18.2 Å². The molecule has 0 saturated carbocycles. The molecular formula is C19H17F6NO3. The number of halogens is 6. The molecule has 0 atom stereocenters. The highest BCUT2D eigenvalue weighted by Gasteiger charge is 2.32. The number of rotatable bonds is 7. The van der Waals surface area contributed by atoms with Gasteiger partial charge in [-0.25, -0.2) is 0 Å². The van der Waals surface area contributed by atoms with Gasteiger partial charge < -0.3 is 14.8 Å². The Labute approximate surface area is 162 Å². The van der Waals surface area contributed by atoms with Crippen LogP contribution in [-0.2, 0) is 28.3 Å². The minimum atomic E-state index is -4.65. The van der Waals surface area contributed by atoms with E-state index < -0.39 is 35.8 Å². The average molecular weight is 421 g/mol. The van der Waals surface area contributed by atoms with E-state index in [1.165, 1.54) is 13.2 Å². The van der Waals surface area contributed by atoms with Gasteiger partial charge in [-0.15, -0.1) is 0 Å². The van der Waals surface area contributed by atoms with Crippen LogP contribution < -0.4 is 10.1 Å². The fourth-order valence-electron chi connectivity index (χ4n) is 2.40. The maximum atomic E-state index is 13.0. The van der Waals surface area contributed by atoms with E-state index in [1.807, 2.05) is 0 Å². The zero-order valence-corrected chi connectivity index (χ0v) is 15.2. The van der Waals surface area contributed by atoms with E-state index in [9.17, 15) is 31.1 Å². The topological polar surface area (TPSA) is 47.6 Å². The van der Waals surface area contributed by atoms with Crippen molar-refractivity contribution in [3.63, 3.8) is 0 Å². The van der Waals surface area contributed by atoms with Crippen molar-refractivity contribution in [3.05, 3.63) is 59.2 Å². The number of benzene rings is 2. The van der Waals surface area contributed by atoms with Gasteiger partial charge in [0.25, 0.3) is 0 Å². The van der Waals surface area contributed by atoms with Gasteiger partial charge in [0.15, 0.2) is 0 Å². The van der Waals surface area contributed by atoms with Gasteiger partial charge >= 0.3 is 12.4 Å². The molecule has 158 valence electrons. The quantitative estimate of drug-likeness (QED) is 0.510. The molecule has 0 radical (unpaired) electrons. The lowest BCUT2D eigenvalue weighted by Crippen LogP contribution is -2.17. The number of methoxy groups -OCH3 is 1. The monoisotopic (exact) mass is 421 g/mol. The van der Waals surface area contributed by atoms with Crippen LogP contribution in [0.1, 0.15) is 16.7 Å². The highest BCUT2D eigenvalue weighted by molar-refractivity contribution is 5.93. The van der Waals surface area contributed by atoms with E-state index in [2.05, 4.69) is 5.32 Å². The number of ether oxygens (including phenoxy) is 2. The molecule has 0 spiro atoms. The van der Waals surface area contributed by atoms with Crippen molar-refractivity contribution in [1.82, 2.24) is 0 Å². The normalized spacial score (nSPS) is 12.0. The summed E-state index contributed by atoms with van der Waals surface area (Å²) in [6, 6.07) is 6.68. The Kier molecular flexibility index (Phi) is 7.12. The first-order valence-electron chi connectivity index (χ1n) is 8.29. The molecular weight excluding hydrogens is 404 g/mol. The number of alkyl halides is 6. The second kappa shape index (κ2) is 9.17. The van der Waals surface area contributed by atoms with Crippen LogP contribution >= 0.6 is 0 Å². The summed E-state index contributed by atoms with van der Waals surface area (Å²) in [5.41, 5.74) is -2.12. The van der Waals surface area contributed by atoms with Crippen LogP contribution in [0.5, 0.6) is 5.75 Å². The highest BCUT2D eigenvalue weighted by atomic mass is 19.4. The third-order valence-electron chi connectivity index (χ3n) is 3.74. The molecule has 0 unspecified atom stereocenters. The molecule has 2 rings (SSSR count). The van der Waals surface area contributed by atoms with Crippen LogP contribution in [0.2, 0.25) is 0 Å². The van der Waals surface area contributed by atoms with Crippen molar-refractivity contribution in [3.8, 4) is 5.75 Å². The summed E-state index contributed by atoms with van der Waals surface area (Å²) in [5, 5.41) is 2.27. The van der Waals surface area contributed by atoms with Gasteiger partial charge in [-0.05, 0) is 29.8 Å². The van der Waals surface area contributed by atoms with E-state index in [1.54, 1.807) is 0 Å². The summed E-state index contributed by atoms with van der Waals surface area (Å²) in [5.74, 6) is -0.812. The van der Waals surface area contributed by atoms with Crippen LogP contribution in [0.4, 0.5) is 32.0 Å². The van der Waals surface area contributed by atoms with Crippen LogP contribution in [0.15, 0.2) is 42.5 Å². The van der Waals surface area contributed by atoms with E-state index >= 15 is 0 Å². The Balaban J connectivity index is 2.21. The molecule has 0 aliphatic rings. The Morgan fingerprint density at radius 2 is 1.59 bits per heavy atom. The predicted molar refractivity (Wildman–Crippen MR) is 92.6 cm³/mol. The number of carbonyl (C=O) groups is 1. The summed E-state index contributed by atoms with van der Waals surface area (Å²) in [7, 11) is 1.41. The fourth-order valence-corrected chi connectivity index (χ4v) is 2.40. The Morgan fingerprint density at radius 1 is 0.931 bits per heavy atom. The molecule has 1 amide bonds. The largest absolute Gasteiger partial charge is 0.489 e. The summed E-state index contributed by atoms with van der Waals surface area (Å²) in [6.07, 6.45) is -9.68. The van der Waals surface area contributed by atoms with Gasteiger partial charge in [-0.2, -0.15) is 26.3 Å². The maximum Gasteiger partial charge on any atom is 0.416 e. The molecule has 2 aromatic carbocycles. The lowest BCUT2D eigenvalue weighted by Gasteiger charge is -2.15. The highest BCUT2D eigenvalue weighted by Crippen LogP contribution is 2.35. The van der Waals surface area contributed by atoms with Crippen LogP contribution in [0.25, 0.3) is 0 Å². The van der Waals surface area contributed by atoms with Crippen LogP contribution in [0.3, 0.4) is 0 Å². The number of amides is 1. The smallest absolute Gasteiger partial charge is 0.416 e. The lowest BCUT2D eigenvalue weighted by molar-refractivity contribution is -0.138. The molecule has 0 fully saturated rings. The molecule has 0 bridgehead atoms. The van der Waals surface area contributed by atoms with Crippen LogP contribution in [0, 0.1) is 0 Å². The maximum absolute atomic E-state index is 13.0. The van der Waals surface area contributed by atoms with Crippen molar-refractivity contribution in [1.29, 1.82) is 0 Å². The van der Waals surface area contributed by atoms with Crippen LogP contribution in [-0.4, -0.2) is 26.2 Å². The summed E-state index contributed by atoms with van der Waals surface area (Å²) in [6.45, 7) is 0.191. The molecule has 1 N–H and O–H groups in total. The number of hydrogen-bond donors (Lipinski definition) is 1. The summed E-state index contributed by atoms with van der Waals surface area (Å²) >= 11 is 0. The number of carbonyl (C=O) groups excluding carboxylic acids is 1. The van der Waals surface area contributed by atoms with Gasteiger partial charge in [0, 0.05) is 7.11 Å². The Hall–Kier alpha value is -2.75. The molecule has 29 heavy (non-hydrogen) atoms. The summed E-state index contributed by atoms with van der Waals surface area (Å²) in [4.78, 5) is 12.2. The minimum absolute atomic E-state index is 0.0209. The van der Waals surface area contributed by atoms with Gasteiger partial charge in [0.1, 0.15) is 12.4 Å². The third kappa shape index (κ3) is 6.67. The van der Waals surface area contributed by atoms with E-state index in [4.69, 9.17) is 9.47 Å². The first kappa shape index (κ1) is 22.5. The SMILES string of the molecule is COCCOc1ccc(C(F)(F)F)cc1NC(=O)Cc1cccc(C(F)(F)F)c1. The zero-order chi connectivity index (χ0) is 21.7. The van der Waals surface area contributed by atoms with Crippen molar-refractivity contribution in [2.24, 2.45) is 0 Å². The van der Waals surface area contributed by atoms with Gasteiger partial charge in [0.05, 0.1) is 29.8 Å². The molecule has 10 heteroatoms. The third-order valence-corrected chi connectivity index (χ3v) is 3.74. The average Bonchev–Trinajstić information content (AvgIpc) is 2.61. The minimum Gasteiger partial charge on any atom is -0.489 e.